The molecule has 3 heteroatoms. The first kappa shape index (κ1) is 13.9. The van der Waals surface area contributed by atoms with Crippen LogP contribution in [0.3, 0.4) is 0 Å². The number of hydrogen-bond acceptors (Lipinski definition) is 3. The van der Waals surface area contributed by atoms with Gasteiger partial charge in [-0.3, -0.25) is 0 Å². The molecule has 0 aromatic rings. The maximum Gasteiger partial charge on any atom is 0.0768 e. The minimum atomic E-state index is -0.606. The molecular weight excluding hydrogens is 202 g/mol. The van der Waals surface area contributed by atoms with Crippen molar-refractivity contribution in [2.75, 3.05) is 33.4 Å². The van der Waals surface area contributed by atoms with Gasteiger partial charge in [0.2, 0.25) is 0 Å². The minimum Gasteiger partial charge on any atom is -0.389 e. The molecule has 3 nitrogen and oxygen atoms in total. The number of likely N-dealkylation sites (N-methyl/N-ethyl adjacent to an activating group) is 1. The van der Waals surface area contributed by atoms with E-state index in [2.05, 4.69) is 18.7 Å². The van der Waals surface area contributed by atoms with Crippen LogP contribution in [-0.4, -0.2) is 49.0 Å². The van der Waals surface area contributed by atoms with Crippen LogP contribution in [0.2, 0.25) is 0 Å². The van der Waals surface area contributed by atoms with E-state index in [1.807, 2.05) is 14.0 Å². The Kier molecular flexibility index (Phi) is 5.22. The fourth-order valence-electron chi connectivity index (χ4n) is 1.56. The van der Waals surface area contributed by atoms with Gasteiger partial charge in [-0.25, -0.2) is 0 Å². The molecule has 1 saturated carbocycles. The fraction of sp³-hybridized carbons (Fsp3) is 1.00. The van der Waals surface area contributed by atoms with Crippen LogP contribution in [0.4, 0.5) is 0 Å². The van der Waals surface area contributed by atoms with Gasteiger partial charge in [-0.05, 0) is 38.6 Å². The summed E-state index contributed by atoms with van der Waals surface area (Å²) in [4.78, 5) is 2.15. The predicted molar refractivity (Wildman–Crippen MR) is 66.5 cm³/mol. The molecule has 1 unspecified atom stereocenters. The van der Waals surface area contributed by atoms with Crippen LogP contribution < -0.4 is 0 Å². The van der Waals surface area contributed by atoms with Crippen molar-refractivity contribution in [2.24, 2.45) is 11.8 Å². The van der Waals surface area contributed by atoms with E-state index in [9.17, 15) is 5.11 Å². The highest BCUT2D eigenvalue weighted by Crippen LogP contribution is 2.28. The largest absolute Gasteiger partial charge is 0.389 e. The molecule has 1 N–H and O–H groups in total. The molecule has 0 spiro atoms. The molecule has 1 rings (SSSR count). The maximum absolute atomic E-state index is 10.1. The Morgan fingerprint density at radius 1 is 1.44 bits per heavy atom. The second-order valence-electron chi connectivity index (χ2n) is 5.77. The lowest BCUT2D eigenvalue weighted by molar-refractivity contribution is -0.0185. The molecule has 16 heavy (non-hydrogen) atoms. The Morgan fingerprint density at radius 3 is 2.56 bits per heavy atom. The number of nitrogens with zero attached hydrogens (tertiary/aromatic N) is 1. The summed E-state index contributed by atoms with van der Waals surface area (Å²) in [6.07, 6.45) is 2.69. The van der Waals surface area contributed by atoms with Gasteiger partial charge >= 0.3 is 0 Å². The molecule has 0 aliphatic heterocycles. The molecule has 0 heterocycles. The maximum atomic E-state index is 10.1. The van der Waals surface area contributed by atoms with Gasteiger partial charge in [-0.15, -0.1) is 0 Å². The standard InChI is InChI=1S/C13H27NO2/c1-11(2)13(3,15)10-14(4)7-8-16-9-12-5-6-12/h11-12,15H,5-10H2,1-4H3. The van der Waals surface area contributed by atoms with Crippen LogP contribution in [0.15, 0.2) is 0 Å². The molecular formula is C13H27NO2. The predicted octanol–water partition coefficient (Wildman–Crippen LogP) is 1.75. The van der Waals surface area contributed by atoms with Crippen molar-refractivity contribution in [3.63, 3.8) is 0 Å². The first-order valence-corrected chi connectivity index (χ1v) is 6.40. The lowest BCUT2D eigenvalue weighted by atomic mass is 9.92. The fourth-order valence-corrected chi connectivity index (χ4v) is 1.56. The van der Waals surface area contributed by atoms with Crippen LogP contribution in [0, 0.1) is 11.8 Å². The summed E-state index contributed by atoms with van der Waals surface area (Å²) in [7, 11) is 2.04. The van der Waals surface area contributed by atoms with Gasteiger partial charge < -0.3 is 14.7 Å². The zero-order valence-corrected chi connectivity index (χ0v) is 11.2. The highest BCUT2D eigenvalue weighted by molar-refractivity contribution is 4.79. The Hall–Kier alpha value is -0.120. The third-order valence-corrected chi connectivity index (χ3v) is 3.50. The topological polar surface area (TPSA) is 32.7 Å². The van der Waals surface area contributed by atoms with Gasteiger partial charge in [0, 0.05) is 19.7 Å². The average Bonchev–Trinajstić information content (AvgIpc) is 2.95. The minimum absolute atomic E-state index is 0.280. The third-order valence-electron chi connectivity index (χ3n) is 3.50. The van der Waals surface area contributed by atoms with Crippen LogP contribution in [-0.2, 0) is 4.74 Å². The summed E-state index contributed by atoms with van der Waals surface area (Å²) < 4.78 is 5.58. The number of ether oxygens (including phenoxy) is 1. The van der Waals surface area contributed by atoms with E-state index in [4.69, 9.17) is 4.74 Å². The van der Waals surface area contributed by atoms with E-state index in [-0.39, 0.29) is 5.92 Å². The second-order valence-corrected chi connectivity index (χ2v) is 5.77. The van der Waals surface area contributed by atoms with Crippen LogP contribution in [0.25, 0.3) is 0 Å². The molecule has 0 aromatic heterocycles. The van der Waals surface area contributed by atoms with Gasteiger partial charge in [0.1, 0.15) is 0 Å². The summed E-state index contributed by atoms with van der Waals surface area (Å²) in [6, 6.07) is 0. The zero-order valence-electron chi connectivity index (χ0n) is 11.2. The van der Waals surface area contributed by atoms with Gasteiger partial charge in [0.05, 0.1) is 12.2 Å². The smallest absolute Gasteiger partial charge is 0.0768 e. The summed E-state index contributed by atoms with van der Waals surface area (Å²) >= 11 is 0. The Balaban J connectivity index is 2.06. The monoisotopic (exact) mass is 229 g/mol. The molecule has 0 bridgehead atoms. The number of hydrogen-bond donors (Lipinski definition) is 1. The first-order valence-electron chi connectivity index (χ1n) is 6.40. The van der Waals surface area contributed by atoms with Gasteiger partial charge in [0.25, 0.3) is 0 Å². The van der Waals surface area contributed by atoms with Gasteiger partial charge in [-0.2, -0.15) is 0 Å². The molecule has 1 aliphatic carbocycles. The summed E-state index contributed by atoms with van der Waals surface area (Å²) in [6.45, 7) is 9.32. The van der Waals surface area contributed by atoms with Crippen molar-refractivity contribution in [3.8, 4) is 0 Å². The molecule has 0 saturated heterocycles. The van der Waals surface area contributed by atoms with E-state index in [1.54, 1.807) is 0 Å². The van der Waals surface area contributed by atoms with E-state index in [0.29, 0.717) is 6.54 Å². The summed E-state index contributed by atoms with van der Waals surface area (Å²) in [5.74, 6) is 1.12. The Labute approximate surface area is 99.8 Å². The zero-order chi connectivity index (χ0) is 12.2. The van der Waals surface area contributed by atoms with Gasteiger partial charge in [-0.1, -0.05) is 13.8 Å². The van der Waals surface area contributed by atoms with Crippen LogP contribution in [0.1, 0.15) is 33.6 Å². The van der Waals surface area contributed by atoms with E-state index in [1.165, 1.54) is 12.8 Å². The number of rotatable bonds is 8. The summed E-state index contributed by atoms with van der Waals surface area (Å²) in [5.41, 5.74) is -0.606. The SMILES string of the molecule is CC(C)C(C)(O)CN(C)CCOCC1CC1. The van der Waals surface area contributed by atoms with Crippen LogP contribution in [0.5, 0.6) is 0 Å². The molecule has 1 aliphatic rings. The van der Waals surface area contributed by atoms with E-state index in [0.717, 1.165) is 25.7 Å². The molecule has 1 atom stereocenters. The second kappa shape index (κ2) is 5.99. The highest BCUT2D eigenvalue weighted by Gasteiger charge is 2.26. The Morgan fingerprint density at radius 2 is 2.06 bits per heavy atom. The summed E-state index contributed by atoms with van der Waals surface area (Å²) in [5, 5.41) is 10.1. The molecule has 96 valence electrons. The lowest BCUT2D eigenvalue weighted by Gasteiger charge is -2.32. The van der Waals surface area contributed by atoms with E-state index >= 15 is 0 Å². The van der Waals surface area contributed by atoms with Crippen molar-refractivity contribution < 1.29 is 9.84 Å². The molecule has 1 fully saturated rings. The van der Waals surface area contributed by atoms with Crippen molar-refractivity contribution in [1.82, 2.24) is 4.90 Å². The Bertz CT molecular complexity index is 200. The molecule has 0 amide bonds. The lowest BCUT2D eigenvalue weighted by Crippen LogP contribution is -2.44. The quantitative estimate of drug-likeness (QED) is 0.644. The van der Waals surface area contributed by atoms with E-state index < -0.39 is 5.60 Å². The van der Waals surface area contributed by atoms with Crippen molar-refractivity contribution in [1.29, 1.82) is 0 Å². The highest BCUT2D eigenvalue weighted by atomic mass is 16.5. The molecule has 0 radical (unpaired) electrons. The van der Waals surface area contributed by atoms with Gasteiger partial charge in [0.15, 0.2) is 0 Å². The molecule has 0 aromatic carbocycles. The average molecular weight is 229 g/mol. The normalized spacial score (nSPS) is 20.4. The number of aliphatic hydroxyl groups is 1. The third kappa shape index (κ3) is 5.28. The van der Waals surface area contributed by atoms with Crippen molar-refractivity contribution in [2.45, 2.75) is 39.2 Å². The van der Waals surface area contributed by atoms with Crippen molar-refractivity contribution in [3.05, 3.63) is 0 Å². The van der Waals surface area contributed by atoms with Crippen molar-refractivity contribution >= 4 is 0 Å². The van der Waals surface area contributed by atoms with Crippen LogP contribution >= 0.6 is 0 Å². The first-order chi connectivity index (χ1) is 7.42.